The molecule has 1 N–H and O–H groups in total. The van der Waals surface area contributed by atoms with Crippen molar-refractivity contribution in [2.24, 2.45) is 0 Å². The highest BCUT2D eigenvalue weighted by Crippen LogP contribution is 2.46. The van der Waals surface area contributed by atoms with Crippen LogP contribution in [0.5, 0.6) is 0 Å². The molecule has 3 fully saturated rings. The fraction of sp³-hybridized carbons (Fsp3) is 1.00. The molecule has 0 amide bonds. The van der Waals surface area contributed by atoms with Crippen molar-refractivity contribution in [3.8, 4) is 0 Å². The minimum Gasteiger partial charge on any atom is -0.311 e. The summed E-state index contributed by atoms with van der Waals surface area (Å²) in [6, 6.07) is 1.68. The summed E-state index contributed by atoms with van der Waals surface area (Å²) < 4.78 is 0.631. The predicted octanol–water partition coefficient (Wildman–Crippen LogP) is 1.71. The molecule has 0 aromatic carbocycles. The molecular formula is C12H22N2S. The Morgan fingerprint density at radius 1 is 1.33 bits per heavy atom. The van der Waals surface area contributed by atoms with Crippen molar-refractivity contribution in [2.45, 2.75) is 48.9 Å². The molecular weight excluding hydrogens is 204 g/mol. The monoisotopic (exact) mass is 226 g/mol. The third-order valence-electron chi connectivity index (χ3n) is 4.53. The average molecular weight is 226 g/mol. The minimum absolute atomic E-state index is 0.631. The Balaban J connectivity index is 1.51. The summed E-state index contributed by atoms with van der Waals surface area (Å²) in [5.41, 5.74) is 0. The first-order valence-electron chi connectivity index (χ1n) is 6.36. The highest BCUT2D eigenvalue weighted by molar-refractivity contribution is 8.00. The van der Waals surface area contributed by atoms with Crippen molar-refractivity contribution < 1.29 is 0 Å². The molecule has 0 bridgehead atoms. The van der Waals surface area contributed by atoms with Crippen molar-refractivity contribution in [2.75, 3.05) is 25.9 Å². The van der Waals surface area contributed by atoms with Gasteiger partial charge in [0.2, 0.25) is 0 Å². The largest absolute Gasteiger partial charge is 0.311 e. The van der Waals surface area contributed by atoms with Gasteiger partial charge in [-0.1, -0.05) is 0 Å². The SMILES string of the molecule is CSC1(CNC2CCN3CCCC23)CC1. The average Bonchev–Trinajstić information content (AvgIpc) is 2.71. The molecule has 15 heavy (non-hydrogen) atoms. The first-order valence-corrected chi connectivity index (χ1v) is 7.58. The van der Waals surface area contributed by atoms with Gasteiger partial charge in [-0.15, -0.1) is 0 Å². The van der Waals surface area contributed by atoms with Crippen LogP contribution in [-0.4, -0.2) is 47.6 Å². The third-order valence-corrected chi connectivity index (χ3v) is 5.95. The zero-order chi connectivity index (χ0) is 10.3. The number of nitrogens with zero attached hydrogens (tertiary/aromatic N) is 1. The van der Waals surface area contributed by atoms with Gasteiger partial charge in [-0.3, -0.25) is 4.90 Å². The maximum absolute atomic E-state index is 3.84. The highest BCUT2D eigenvalue weighted by Gasteiger charge is 2.44. The van der Waals surface area contributed by atoms with Gasteiger partial charge in [0, 0.05) is 29.9 Å². The van der Waals surface area contributed by atoms with Crippen molar-refractivity contribution in [1.29, 1.82) is 0 Å². The van der Waals surface area contributed by atoms with E-state index in [1.165, 1.54) is 51.7 Å². The quantitative estimate of drug-likeness (QED) is 0.785. The molecule has 2 nitrogen and oxygen atoms in total. The lowest BCUT2D eigenvalue weighted by molar-refractivity contribution is 0.299. The van der Waals surface area contributed by atoms with Crippen molar-refractivity contribution in [3.05, 3.63) is 0 Å². The van der Waals surface area contributed by atoms with E-state index in [0.717, 1.165) is 12.1 Å². The number of hydrogen-bond donors (Lipinski definition) is 1. The Kier molecular flexibility index (Phi) is 2.74. The molecule has 2 heterocycles. The molecule has 2 atom stereocenters. The van der Waals surface area contributed by atoms with E-state index in [9.17, 15) is 0 Å². The summed E-state index contributed by atoms with van der Waals surface area (Å²) in [5, 5.41) is 3.84. The van der Waals surface area contributed by atoms with Crippen LogP contribution in [0.3, 0.4) is 0 Å². The fourth-order valence-electron chi connectivity index (χ4n) is 3.23. The van der Waals surface area contributed by atoms with Crippen LogP contribution in [0.25, 0.3) is 0 Å². The van der Waals surface area contributed by atoms with Crippen LogP contribution in [0.4, 0.5) is 0 Å². The summed E-state index contributed by atoms with van der Waals surface area (Å²) in [5.74, 6) is 0. The Bertz CT molecular complexity index is 240. The van der Waals surface area contributed by atoms with Gasteiger partial charge in [0.25, 0.3) is 0 Å². The van der Waals surface area contributed by atoms with Crippen molar-refractivity contribution in [3.63, 3.8) is 0 Å². The van der Waals surface area contributed by atoms with Crippen LogP contribution in [0.15, 0.2) is 0 Å². The molecule has 0 aromatic rings. The lowest BCUT2D eigenvalue weighted by Gasteiger charge is -2.23. The summed E-state index contributed by atoms with van der Waals surface area (Å²) in [6.45, 7) is 3.95. The molecule has 1 saturated carbocycles. The molecule has 1 aliphatic carbocycles. The van der Waals surface area contributed by atoms with Gasteiger partial charge in [0.1, 0.15) is 0 Å². The Labute approximate surface area is 97.2 Å². The van der Waals surface area contributed by atoms with Gasteiger partial charge >= 0.3 is 0 Å². The molecule has 3 rings (SSSR count). The van der Waals surface area contributed by atoms with Crippen LogP contribution in [-0.2, 0) is 0 Å². The van der Waals surface area contributed by atoms with E-state index >= 15 is 0 Å². The van der Waals surface area contributed by atoms with Crippen molar-refractivity contribution in [1.82, 2.24) is 10.2 Å². The van der Waals surface area contributed by atoms with Gasteiger partial charge < -0.3 is 5.32 Å². The van der Waals surface area contributed by atoms with Crippen LogP contribution >= 0.6 is 11.8 Å². The third kappa shape index (κ3) is 1.94. The zero-order valence-corrected chi connectivity index (χ0v) is 10.5. The number of rotatable bonds is 4. The fourth-order valence-corrected chi connectivity index (χ4v) is 3.97. The van der Waals surface area contributed by atoms with E-state index in [1.54, 1.807) is 0 Å². The molecule has 0 spiro atoms. The summed E-state index contributed by atoms with van der Waals surface area (Å²) in [7, 11) is 0. The summed E-state index contributed by atoms with van der Waals surface area (Å²) >= 11 is 2.07. The second-order valence-electron chi connectivity index (χ2n) is 5.41. The Hall–Kier alpha value is 0.270. The normalized spacial score (nSPS) is 38.2. The van der Waals surface area contributed by atoms with E-state index in [2.05, 4.69) is 28.2 Å². The first-order chi connectivity index (χ1) is 7.33. The number of thioether (sulfide) groups is 1. The molecule has 3 heteroatoms. The van der Waals surface area contributed by atoms with E-state index in [4.69, 9.17) is 0 Å². The molecule has 2 unspecified atom stereocenters. The van der Waals surface area contributed by atoms with E-state index in [1.807, 2.05) is 0 Å². The van der Waals surface area contributed by atoms with Crippen LogP contribution in [0.2, 0.25) is 0 Å². The van der Waals surface area contributed by atoms with Crippen LogP contribution < -0.4 is 5.32 Å². The van der Waals surface area contributed by atoms with Crippen LogP contribution in [0, 0.1) is 0 Å². The van der Waals surface area contributed by atoms with Gasteiger partial charge in [0.15, 0.2) is 0 Å². The van der Waals surface area contributed by atoms with E-state index < -0.39 is 0 Å². The topological polar surface area (TPSA) is 15.3 Å². The molecule has 0 aromatic heterocycles. The van der Waals surface area contributed by atoms with Gasteiger partial charge in [-0.2, -0.15) is 11.8 Å². The lowest BCUT2D eigenvalue weighted by Crippen LogP contribution is -2.42. The van der Waals surface area contributed by atoms with Gasteiger partial charge in [-0.25, -0.2) is 0 Å². The number of fused-ring (bicyclic) bond motifs is 1. The number of nitrogens with one attached hydrogen (secondary N) is 1. The highest BCUT2D eigenvalue weighted by atomic mass is 32.2. The van der Waals surface area contributed by atoms with E-state index in [0.29, 0.717) is 4.75 Å². The van der Waals surface area contributed by atoms with Crippen molar-refractivity contribution >= 4 is 11.8 Å². The smallest absolute Gasteiger partial charge is 0.0282 e. The maximum Gasteiger partial charge on any atom is 0.0282 e. The molecule has 86 valence electrons. The Morgan fingerprint density at radius 3 is 2.93 bits per heavy atom. The summed E-state index contributed by atoms with van der Waals surface area (Å²) in [4.78, 5) is 2.69. The van der Waals surface area contributed by atoms with Gasteiger partial charge in [0.05, 0.1) is 0 Å². The standard InChI is InChI=1S/C12H22N2S/c1-15-12(5-6-12)9-13-10-4-8-14-7-2-3-11(10)14/h10-11,13H,2-9H2,1H3. The predicted molar refractivity (Wildman–Crippen MR) is 66.5 cm³/mol. The second-order valence-corrected chi connectivity index (χ2v) is 6.68. The Morgan fingerprint density at radius 2 is 2.20 bits per heavy atom. The molecule has 2 saturated heterocycles. The maximum atomic E-state index is 3.84. The minimum atomic E-state index is 0.631. The number of hydrogen-bond acceptors (Lipinski definition) is 3. The molecule has 2 aliphatic heterocycles. The molecule has 3 aliphatic rings. The second kappa shape index (κ2) is 3.94. The van der Waals surface area contributed by atoms with E-state index in [-0.39, 0.29) is 0 Å². The van der Waals surface area contributed by atoms with Gasteiger partial charge in [-0.05, 0) is 44.9 Å². The zero-order valence-electron chi connectivity index (χ0n) is 9.67. The van der Waals surface area contributed by atoms with Crippen LogP contribution in [0.1, 0.15) is 32.1 Å². The first kappa shape index (κ1) is 10.4. The summed E-state index contributed by atoms with van der Waals surface area (Å²) in [6.07, 6.45) is 9.38. The lowest BCUT2D eigenvalue weighted by atomic mass is 10.1. The molecule has 0 radical (unpaired) electrons.